The number of furan rings is 1. The Morgan fingerprint density at radius 2 is 2.07 bits per heavy atom. The number of benzene rings is 1. The zero-order valence-corrected chi connectivity index (χ0v) is 16.8. The molecule has 7 heteroatoms. The molecule has 1 saturated heterocycles. The molecule has 1 amide bonds. The predicted molar refractivity (Wildman–Crippen MR) is 103 cm³/mol. The van der Waals surface area contributed by atoms with Crippen LogP contribution < -0.4 is 0 Å². The molecule has 1 aromatic heterocycles. The van der Waals surface area contributed by atoms with Crippen LogP contribution in [0, 0.1) is 6.92 Å². The van der Waals surface area contributed by atoms with Crippen molar-refractivity contribution in [2.45, 2.75) is 50.6 Å². The molecule has 3 rings (SSSR count). The van der Waals surface area contributed by atoms with E-state index >= 15 is 0 Å². The summed E-state index contributed by atoms with van der Waals surface area (Å²) in [6, 6.07) is 8.35. The third-order valence-electron chi connectivity index (χ3n) is 5.11. The maximum atomic E-state index is 13.1. The fourth-order valence-electron chi connectivity index (χ4n) is 3.47. The molecule has 0 radical (unpaired) electrons. The van der Waals surface area contributed by atoms with Crippen molar-refractivity contribution in [2.24, 2.45) is 0 Å². The number of piperidine rings is 1. The number of carbonyl (C=O) groups excluding carboxylic acids is 1. The van der Waals surface area contributed by atoms with Crippen LogP contribution in [0.25, 0.3) is 0 Å². The van der Waals surface area contributed by atoms with Crippen LogP contribution in [-0.2, 0) is 16.6 Å². The minimum atomic E-state index is -3.62. The molecule has 1 aliphatic rings. The van der Waals surface area contributed by atoms with E-state index in [0.29, 0.717) is 24.4 Å². The highest BCUT2D eigenvalue weighted by Crippen LogP contribution is 2.27. The molecule has 0 saturated carbocycles. The molecule has 6 nitrogen and oxygen atoms in total. The molecular weight excluding hydrogens is 364 g/mol. The van der Waals surface area contributed by atoms with Gasteiger partial charge in [0, 0.05) is 25.2 Å². The van der Waals surface area contributed by atoms with Crippen molar-refractivity contribution in [1.82, 2.24) is 9.21 Å². The van der Waals surface area contributed by atoms with Crippen molar-refractivity contribution < 1.29 is 17.6 Å². The minimum Gasteiger partial charge on any atom is -0.467 e. The molecule has 0 aliphatic carbocycles. The first kappa shape index (κ1) is 19.6. The van der Waals surface area contributed by atoms with E-state index in [1.807, 2.05) is 13.8 Å². The number of carbonyl (C=O) groups is 1. The van der Waals surface area contributed by atoms with Crippen LogP contribution in [0.1, 0.15) is 47.9 Å². The van der Waals surface area contributed by atoms with Gasteiger partial charge >= 0.3 is 0 Å². The molecule has 1 aliphatic heterocycles. The lowest BCUT2D eigenvalue weighted by atomic mass is 10.1. The fourth-order valence-corrected chi connectivity index (χ4v) is 5.20. The lowest BCUT2D eigenvalue weighted by Crippen LogP contribution is -2.42. The Balaban J connectivity index is 1.88. The van der Waals surface area contributed by atoms with Crippen molar-refractivity contribution in [3.63, 3.8) is 0 Å². The number of rotatable bonds is 5. The van der Waals surface area contributed by atoms with E-state index in [9.17, 15) is 13.2 Å². The Morgan fingerprint density at radius 3 is 2.74 bits per heavy atom. The molecule has 1 aromatic carbocycles. The Kier molecular flexibility index (Phi) is 5.72. The average Bonchev–Trinajstić information content (AvgIpc) is 3.14. The topological polar surface area (TPSA) is 70.8 Å². The first-order chi connectivity index (χ1) is 12.8. The number of hydrogen-bond acceptors (Lipinski definition) is 4. The smallest absolute Gasteiger partial charge is 0.254 e. The van der Waals surface area contributed by atoms with E-state index in [1.165, 1.54) is 11.0 Å². The highest BCUT2D eigenvalue weighted by Gasteiger charge is 2.31. The van der Waals surface area contributed by atoms with Crippen molar-refractivity contribution in [2.75, 3.05) is 13.6 Å². The van der Waals surface area contributed by atoms with E-state index in [1.54, 1.807) is 41.9 Å². The first-order valence-electron chi connectivity index (χ1n) is 9.21. The minimum absolute atomic E-state index is 0.0224. The van der Waals surface area contributed by atoms with E-state index in [4.69, 9.17) is 4.42 Å². The monoisotopic (exact) mass is 390 g/mol. The van der Waals surface area contributed by atoms with Gasteiger partial charge < -0.3 is 9.32 Å². The van der Waals surface area contributed by atoms with Crippen LogP contribution in [0.3, 0.4) is 0 Å². The highest BCUT2D eigenvalue weighted by molar-refractivity contribution is 7.89. The van der Waals surface area contributed by atoms with Gasteiger partial charge in [-0.25, -0.2) is 8.42 Å². The molecule has 0 spiro atoms. The van der Waals surface area contributed by atoms with Crippen LogP contribution in [0.15, 0.2) is 45.9 Å². The third-order valence-corrected chi connectivity index (χ3v) is 7.12. The Morgan fingerprint density at radius 1 is 1.30 bits per heavy atom. The molecule has 0 N–H and O–H groups in total. The number of amides is 1. The molecule has 27 heavy (non-hydrogen) atoms. The maximum absolute atomic E-state index is 13.1. The second kappa shape index (κ2) is 7.86. The summed E-state index contributed by atoms with van der Waals surface area (Å²) in [5.41, 5.74) is 1.15. The number of hydrogen-bond donors (Lipinski definition) is 0. The summed E-state index contributed by atoms with van der Waals surface area (Å²) >= 11 is 0. The first-order valence-corrected chi connectivity index (χ1v) is 10.6. The number of aryl methyl sites for hydroxylation is 1. The summed E-state index contributed by atoms with van der Waals surface area (Å²) < 4.78 is 33.0. The fraction of sp³-hybridized carbons (Fsp3) is 0.450. The van der Waals surface area contributed by atoms with Crippen LogP contribution in [0.5, 0.6) is 0 Å². The second-order valence-electron chi connectivity index (χ2n) is 7.18. The largest absolute Gasteiger partial charge is 0.467 e. The molecule has 1 unspecified atom stereocenters. The van der Waals surface area contributed by atoms with Crippen LogP contribution in [0.2, 0.25) is 0 Å². The van der Waals surface area contributed by atoms with Crippen LogP contribution >= 0.6 is 0 Å². The van der Waals surface area contributed by atoms with E-state index in [0.717, 1.165) is 24.8 Å². The van der Waals surface area contributed by atoms with Crippen molar-refractivity contribution in [3.05, 3.63) is 53.5 Å². The van der Waals surface area contributed by atoms with Gasteiger partial charge in [0.2, 0.25) is 10.0 Å². The number of sulfonamides is 1. The van der Waals surface area contributed by atoms with Crippen LogP contribution in [0.4, 0.5) is 0 Å². The van der Waals surface area contributed by atoms with Gasteiger partial charge in [-0.2, -0.15) is 4.31 Å². The van der Waals surface area contributed by atoms with Crippen molar-refractivity contribution in [1.29, 1.82) is 0 Å². The van der Waals surface area contributed by atoms with Gasteiger partial charge in [0.1, 0.15) is 5.76 Å². The number of nitrogens with zero attached hydrogens (tertiary/aromatic N) is 2. The Hall–Kier alpha value is -2.12. The highest BCUT2D eigenvalue weighted by atomic mass is 32.2. The van der Waals surface area contributed by atoms with Crippen LogP contribution in [-0.4, -0.2) is 43.2 Å². The second-order valence-corrected chi connectivity index (χ2v) is 9.07. The zero-order valence-electron chi connectivity index (χ0n) is 16.0. The van der Waals surface area contributed by atoms with E-state index in [2.05, 4.69) is 0 Å². The van der Waals surface area contributed by atoms with Gasteiger partial charge in [-0.05, 0) is 56.5 Å². The summed E-state index contributed by atoms with van der Waals surface area (Å²) in [6.07, 6.45) is 4.34. The van der Waals surface area contributed by atoms with E-state index < -0.39 is 10.0 Å². The van der Waals surface area contributed by atoms with Crippen molar-refractivity contribution >= 4 is 15.9 Å². The van der Waals surface area contributed by atoms with Gasteiger partial charge in [-0.15, -0.1) is 0 Å². The van der Waals surface area contributed by atoms with Gasteiger partial charge in [-0.3, -0.25) is 4.79 Å². The summed E-state index contributed by atoms with van der Waals surface area (Å²) in [4.78, 5) is 14.6. The molecule has 146 valence electrons. The Bertz CT molecular complexity index is 906. The molecule has 0 bridgehead atoms. The van der Waals surface area contributed by atoms with Gasteiger partial charge in [0.15, 0.2) is 0 Å². The average molecular weight is 391 g/mol. The summed E-state index contributed by atoms with van der Waals surface area (Å²) in [7, 11) is -1.94. The van der Waals surface area contributed by atoms with Gasteiger partial charge in [0.05, 0.1) is 17.7 Å². The van der Waals surface area contributed by atoms with Crippen molar-refractivity contribution in [3.8, 4) is 0 Å². The molecule has 2 heterocycles. The third kappa shape index (κ3) is 4.09. The maximum Gasteiger partial charge on any atom is 0.254 e. The zero-order chi connectivity index (χ0) is 19.6. The lowest BCUT2D eigenvalue weighted by molar-refractivity contribution is 0.0774. The predicted octanol–water partition coefficient (Wildman–Crippen LogP) is 3.42. The Labute approximate surface area is 160 Å². The lowest BCUT2D eigenvalue weighted by Gasteiger charge is -2.32. The SMILES string of the molecule is Cc1ccc(S(=O)(=O)N2CCCCC2C)cc1C(=O)N(C)Cc1ccco1. The summed E-state index contributed by atoms with van der Waals surface area (Å²) in [5, 5.41) is 0. The molecular formula is C20H26N2O4S. The van der Waals surface area contributed by atoms with Gasteiger partial charge in [-0.1, -0.05) is 12.5 Å². The summed E-state index contributed by atoms with van der Waals surface area (Å²) in [5.74, 6) is 0.446. The molecule has 1 atom stereocenters. The normalized spacial score (nSPS) is 18.4. The quantitative estimate of drug-likeness (QED) is 0.784. The molecule has 1 fully saturated rings. The summed E-state index contributed by atoms with van der Waals surface area (Å²) in [6.45, 7) is 4.60. The molecule has 2 aromatic rings. The standard InChI is InChI=1S/C20H26N2O4S/c1-15-9-10-18(27(24,25)22-11-5-4-7-16(22)2)13-19(15)20(23)21(3)14-17-8-6-12-26-17/h6,8-10,12-13,16H,4-5,7,11,14H2,1-3H3. The van der Waals surface area contributed by atoms with Gasteiger partial charge in [0.25, 0.3) is 5.91 Å². The van der Waals surface area contributed by atoms with E-state index in [-0.39, 0.29) is 16.8 Å².